The van der Waals surface area contributed by atoms with E-state index in [1.54, 1.807) is 18.2 Å². The molecule has 7 heteroatoms. The largest absolute Gasteiger partial charge is 0.573 e. The second-order valence-corrected chi connectivity index (χ2v) is 5.47. The van der Waals surface area contributed by atoms with Crippen LogP contribution in [0.1, 0.15) is 18.0 Å². The highest BCUT2D eigenvalue weighted by Gasteiger charge is 2.32. The van der Waals surface area contributed by atoms with E-state index in [2.05, 4.69) is 21.5 Å². The molecule has 1 saturated heterocycles. The summed E-state index contributed by atoms with van der Waals surface area (Å²) in [4.78, 5) is 2.27. The number of ether oxygens (including phenoxy) is 1. The maximum Gasteiger partial charge on any atom is 0.573 e. The Hall–Kier alpha value is -1.24. The van der Waals surface area contributed by atoms with Gasteiger partial charge < -0.3 is 10.1 Å². The minimum absolute atomic E-state index is 0.0426. The molecule has 0 aliphatic carbocycles. The first-order valence-electron chi connectivity index (χ1n) is 7.01. The lowest BCUT2D eigenvalue weighted by molar-refractivity contribution is -0.274. The average Bonchev–Trinajstić information content (AvgIpc) is 2.47. The van der Waals surface area contributed by atoms with E-state index in [4.69, 9.17) is 11.6 Å². The molecule has 1 atom stereocenters. The number of rotatable bonds is 5. The summed E-state index contributed by atoms with van der Waals surface area (Å²) in [5.41, 5.74) is 0.862. The molecule has 3 nitrogen and oxygen atoms in total. The van der Waals surface area contributed by atoms with E-state index in [1.807, 2.05) is 0 Å². The van der Waals surface area contributed by atoms with Crippen LogP contribution < -0.4 is 10.1 Å². The van der Waals surface area contributed by atoms with Crippen LogP contribution in [0.4, 0.5) is 13.2 Å². The monoisotopic (exact) mass is 334 g/mol. The fourth-order valence-corrected chi connectivity index (χ4v) is 2.81. The zero-order chi connectivity index (χ0) is 16.2. The van der Waals surface area contributed by atoms with Gasteiger partial charge in [0.25, 0.3) is 0 Å². The molecule has 1 heterocycles. The molecule has 122 valence electrons. The number of benzene rings is 1. The summed E-state index contributed by atoms with van der Waals surface area (Å²) in [5, 5.41) is 3.23. The molecule has 0 radical (unpaired) electrons. The Morgan fingerprint density at radius 2 is 2.05 bits per heavy atom. The minimum Gasteiger partial charge on any atom is -0.404 e. The van der Waals surface area contributed by atoms with Gasteiger partial charge in [-0.15, -0.1) is 19.8 Å². The fourth-order valence-electron chi connectivity index (χ4n) is 2.58. The van der Waals surface area contributed by atoms with E-state index in [0.717, 1.165) is 31.7 Å². The highest BCUT2D eigenvalue weighted by atomic mass is 35.5. The molecule has 0 saturated carbocycles. The quantitative estimate of drug-likeness (QED) is 0.830. The smallest absolute Gasteiger partial charge is 0.404 e. The van der Waals surface area contributed by atoms with Crippen LogP contribution in [-0.4, -0.2) is 37.4 Å². The molecule has 2 rings (SSSR count). The van der Waals surface area contributed by atoms with E-state index in [1.165, 1.54) is 6.07 Å². The van der Waals surface area contributed by atoms with Gasteiger partial charge in [-0.1, -0.05) is 23.7 Å². The first-order valence-corrected chi connectivity index (χ1v) is 7.39. The van der Waals surface area contributed by atoms with Gasteiger partial charge >= 0.3 is 6.36 Å². The third-order valence-electron chi connectivity index (χ3n) is 3.55. The number of hydrogen-bond acceptors (Lipinski definition) is 3. The predicted octanol–water partition coefficient (Wildman–Crippen LogP) is 3.76. The second-order valence-electron chi connectivity index (χ2n) is 5.06. The van der Waals surface area contributed by atoms with Gasteiger partial charge in [0.15, 0.2) is 0 Å². The van der Waals surface area contributed by atoms with Gasteiger partial charge in [0.05, 0.1) is 5.02 Å². The van der Waals surface area contributed by atoms with Crippen molar-refractivity contribution in [1.82, 2.24) is 10.2 Å². The highest BCUT2D eigenvalue weighted by molar-refractivity contribution is 6.32. The van der Waals surface area contributed by atoms with Gasteiger partial charge in [0, 0.05) is 32.2 Å². The Morgan fingerprint density at radius 1 is 1.36 bits per heavy atom. The summed E-state index contributed by atoms with van der Waals surface area (Å²) in [6.45, 7) is 7.28. The maximum absolute atomic E-state index is 12.3. The van der Waals surface area contributed by atoms with Crippen molar-refractivity contribution >= 4 is 11.6 Å². The fraction of sp³-hybridized carbons (Fsp3) is 0.467. The number of hydrogen-bond donors (Lipinski definition) is 1. The molecule has 22 heavy (non-hydrogen) atoms. The van der Waals surface area contributed by atoms with Gasteiger partial charge in [-0.2, -0.15) is 0 Å². The van der Waals surface area contributed by atoms with Crippen LogP contribution in [0.3, 0.4) is 0 Å². The van der Waals surface area contributed by atoms with Gasteiger partial charge in [0.2, 0.25) is 0 Å². The van der Waals surface area contributed by atoms with Crippen LogP contribution in [-0.2, 0) is 0 Å². The summed E-state index contributed by atoms with van der Waals surface area (Å²) < 4.78 is 40.7. The third kappa shape index (κ3) is 4.63. The standard InChI is InChI=1S/C15H18ClF3N2O/c1-2-3-13(21-8-6-20-7-9-21)11-4-5-14(12(16)10-11)22-15(17,18)19/h2,4-5,10,13,20H,1,3,6-9H2/t13-/m0/s1. The van der Waals surface area contributed by atoms with Crippen LogP contribution in [0.5, 0.6) is 5.75 Å². The molecule has 1 aromatic rings. The van der Waals surface area contributed by atoms with E-state index in [-0.39, 0.29) is 16.8 Å². The van der Waals surface area contributed by atoms with Crippen LogP contribution in [0.2, 0.25) is 5.02 Å². The molecular formula is C15H18ClF3N2O. The summed E-state index contributed by atoms with van der Waals surface area (Å²) in [5.74, 6) is -0.379. The van der Waals surface area contributed by atoms with Gasteiger partial charge in [-0.25, -0.2) is 0 Å². The molecule has 1 aliphatic rings. The van der Waals surface area contributed by atoms with Gasteiger partial charge in [-0.3, -0.25) is 4.90 Å². The lowest BCUT2D eigenvalue weighted by Crippen LogP contribution is -2.45. The number of piperazine rings is 1. The summed E-state index contributed by atoms with van der Waals surface area (Å²) >= 11 is 5.94. The lowest BCUT2D eigenvalue weighted by atomic mass is 10.0. The molecule has 1 N–H and O–H groups in total. The molecule has 1 aromatic carbocycles. The Balaban J connectivity index is 2.21. The summed E-state index contributed by atoms with van der Waals surface area (Å²) in [6, 6.07) is 4.49. The summed E-state index contributed by atoms with van der Waals surface area (Å²) in [7, 11) is 0. The van der Waals surface area contributed by atoms with Crippen molar-refractivity contribution in [1.29, 1.82) is 0 Å². The van der Waals surface area contributed by atoms with Crippen molar-refractivity contribution in [2.75, 3.05) is 26.2 Å². The zero-order valence-corrected chi connectivity index (χ0v) is 12.8. The molecular weight excluding hydrogens is 317 g/mol. The minimum atomic E-state index is -4.75. The lowest BCUT2D eigenvalue weighted by Gasteiger charge is -2.35. The third-order valence-corrected chi connectivity index (χ3v) is 3.84. The number of halogens is 4. The molecule has 1 fully saturated rings. The summed E-state index contributed by atoms with van der Waals surface area (Å²) in [6.07, 6.45) is -2.24. The van der Waals surface area contributed by atoms with Gasteiger partial charge in [-0.05, 0) is 24.1 Å². The molecule has 0 spiro atoms. The van der Waals surface area contributed by atoms with Crippen LogP contribution in [0, 0.1) is 0 Å². The average molecular weight is 335 g/mol. The van der Waals surface area contributed by atoms with E-state index < -0.39 is 6.36 Å². The Morgan fingerprint density at radius 3 is 2.59 bits per heavy atom. The van der Waals surface area contributed by atoms with Crippen LogP contribution >= 0.6 is 11.6 Å². The normalized spacial score (nSPS) is 18.0. The van der Waals surface area contributed by atoms with E-state index >= 15 is 0 Å². The number of alkyl halides is 3. The first-order chi connectivity index (χ1) is 10.4. The van der Waals surface area contributed by atoms with E-state index in [0.29, 0.717) is 6.42 Å². The van der Waals surface area contributed by atoms with Crippen LogP contribution in [0.25, 0.3) is 0 Å². The predicted molar refractivity (Wildman–Crippen MR) is 80.1 cm³/mol. The zero-order valence-electron chi connectivity index (χ0n) is 12.0. The van der Waals surface area contributed by atoms with Crippen molar-refractivity contribution in [2.45, 2.75) is 18.8 Å². The van der Waals surface area contributed by atoms with Crippen molar-refractivity contribution in [2.24, 2.45) is 0 Å². The van der Waals surface area contributed by atoms with Crippen molar-refractivity contribution in [3.05, 3.63) is 41.4 Å². The Kier molecular flexibility index (Phi) is 5.72. The highest BCUT2D eigenvalue weighted by Crippen LogP contribution is 2.34. The van der Waals surface area contributed by atoms with Crippen LogP contribution in [0.15, 0.2) is 30.9 Å². The van der Waals surface area contributed by atoms with Crippen molar-refractivity contribution in [3.8, 4) is 5.75 Å². The molecule has 1 aliphatic heterocycles. The number of nitrogens with one attached hydrogen (secondary N) is 1. The van der Waals surface area contributed by atoms with Crippen molar-refractivity contribution in [3.63, 3.8) is 0 Å². The Labute approximate surface area is 132 Å². The second kappa shape index (κ2) is 7.35. The molecule has 0 aromatic heterocycles. The SMILES string of the molecule is C=CC[C@@H](c1ccc(OC(F)(F)F)c(Cl)c1)N1CCNCC1. The number of nitrogens with zero attached hydrogens (tertiary/aromatic N) is 1. The molecule has 0 bridgehead atoms. The first kappa shape index (κ1) is 17.1. The molecule has 0 amide bonds. The van der Waals surface area contributed by atoms with E-state index in [9.17, 15) is 13.2 Å². The molecule has 0 unspecified atom stereocenters. The van der Waals surface area contributed by atoms with Crippen molar-refractivity contribution < 1.29 is 17.9 Å². The Bertz CT molecular complexity index is 516. The maximum atomic E-state index is 12.3. The topological polar surface area (TPSA) is 24.5 Å². The van der Waals surface area contributed by atoms with Gasteiger partial charge in [0.1, 0.15) is 5.75 Å².